The van der Waals surface area contributed by atoms with E-state index in [-0.39, 0.29) is 0 Å². The third-order valence-corrected chi connectivity index (χ3v) is 2.22. The Morgan fingerprint density at radius 3 is 2.45 bits per heavy atom. The standard InChI is InChI=1S/C10H13Cl/c1-9(8-11)7-10-5-3-2-4-6-10/h2-6,9H,7-8H2,1H3. The van der Waals surface area contributed by atoms with Crippen LogP contribution in [-0.2, 0) is 6.42 Å². The van der Waals surface area contributed by atoms with Crippen LogP contribution in [-0.4, -0.2) is 5.88 Å². The molecule has 0 heterocycles. The summed E-state index contributed by atoms with van der Waals surface area (Å²) >= 11 is 5.70. The van der Waals surface area contributed by atoms with Crippen molar-refractivity contribution in [3.63, 3.8) is 0 Å². The molecule has 1 aromatic carbocycles. The first-order valence-electron chi connectivity index (χ1n) is 3.93. The molecule has 0 aliphatic heterocycles. The van der Waals surface area contributed by atoms with Gasteiger partial charge in [-0.1, -0.05) is 37.3 Å². The zero-order valence-electron chi connectivity index (χ0n) is 6.76. The molecule has 11 heavy (non-hydrogen) atoms. The highest BCUT2D eigenvalue weighted by Gasteiger charge is 1.99. The van der Waals surface area contributed by atoms with Crippen molar-refractivity contribution >= 4 is 11.6 Å². The van der Waals surface area contributed by atoms with Crippen LogP contribution in [0.15, 0.2) is 30.3 Å². The maximum atomic E-state index is 5.70. The van der Waals surface area contributed by atoms with Crippen LogP contribution in [0, 0.1) is 5.92 Å². The third kappa shape index (κ3) is 2.94. The van der Waals surface area contributed by atoms with E-state index in [9.17, 15) is 0 Å². The summed E-state index contributed by atoms with van der Waals surface area (Å²) in [4.78, 5) is 0. The van der Waals surface area contributed by atoms with Crippen molar-refractivity contribution in [2.45, 2.75) is 13.3 Å². The number of benzene rings is 1. The molecule has 0 spiro atoms. The van der Waals surface area contributed by atoms with Gasteiger partial charge in [0.05, 0.1) is 0 Å². The number of alkyl halides is 1. The number of halogens is 1. The predicted molar refractivity (Wildman–Crippen MR) is 50.0 cm³/mol. The second-order valence-corrected chi connectivity index (χ2v) is 3.26. The summed E-state index contributed by atoms with van der Waals surface area (Å²) in [5.74, 6) is 1.33. The van der Waals surface area contributed by atoms with E-state index >= 15 is 0 Å². The van der Waals surface area contributed by atoms with Gasteiger partial charge in [-0.2, -0.15) is 0 Å². The first-order chi connectivity index (χ1) is 5.33. The summed E-state index contributed by atoms with van der Waals surface area (Å²) in [5, 5.41) is 0. The Kier molecular flexibility index (Phi) is 3.44. The van der Waals surface area contributed by atoms with Crippen LogP contribution in [0.4, 0.5) is 0 Å². The summed E-state index contributed by atoms with van der Waals surface area (Å²) in [5.41, 5.74) is 1.38. The van der Waals surface area contributed by atoms with Gasteiger partial charge in [0.1, 0.15) is 0 Å². The highest BCUT2D eigenvalue weighted by Crippen LogP contribution is 2.08. The molecule has 1 atom stereocenters. The minimum Gasteiger partial charge on any atom is -0.126 e. The van der Waals surface area contributed by atoms with Crippen molar-refractivity contribution in [2.24, 2.45) is 5.92 Å². The fourth-order valence-corrected chi connectivity index (χ4v) is 1.18. The Labute approximate surface area is 73.2 Å². The molecule has 60 valence electrons. The van der Waals surface area contributed by atoms with Gasteiger partial charge in [-0.25, -0.2) is 0 Å². The first kappa shape index (κ1) is 8.61. The van der Waals surface area contributed by atoms with Gasteiger partial charge in [-0.05, 0) is 17.9 Å². The smallest absolute Gasteiger partial charge is 0.0252 e. The molecule has 0 fully saturated rings. The van der Waals surface area contributed by atoms with E-state index in [0.29, 0.717) is 5.92 Å². The van der Waals surface area contributed by atoms with Gasteiger partial charge >= 0.3 is 0 Å². The quantitative estimate of drug-likeness (QED) is 0.609. The second kappa shape index (κ2) is 4.40. The van der Waals surface area contributed by atoms with E-state index < -0.39 is 0 Å². The Morgan fingerprint density at radius 1 is 1.27 bits per heavy atom. The molecule has 0 saturated carbocycles. The van der Waals surface area contributed by atoms with E-state index in [2.05, 4.69) is 31.2 Å². The minimum atomic E-state index is 0.582. The normalized spacial score (nSPS) is 12.9. The molecule has 0 aliphatic carbocycles. The van der Waals surface area contributed by atoms with Crippen molar-refractivity contribution in [3.05, 3.63) is 35.9 Å². The van der Waals surface area contributed by atoms with Gasteiger partial charge in [-0.3, -0.25) is 0 Å². The van der Waals surface area contributed by atoms with E-state index in [0.717, 1.165) is 12.3 Å². The van der Waals surface area contributed by atoms with Crippen LogP contribution in [0.5, 0.6) is 0 Å². The lowest BCUT2D eigenvalue weighted by molar-refractivity contribution is 0.655. The van der Waals surface area contributed by atoms with Crippen molar-refractivity contribution in [2.75, 3.05) is 5.88 Å². The fourth-order valence-electron chi connectivity index (χ4n) is 1.07. The highest BCUT2D eigenvalue weighted by atomic mass is 35.5. The van der Waals surface area contributed by atoms with Crippen molar-refractivity contribution in [3.8, 4) is 0 Å². The van der Waals surface area contributed by atoms with E-state index in [1.165, 1.54) is 5.56 Å². The monoisotopic (exact) mass is 168 g/mol. The van der Waals surface area contributed by atoms with Crippen LogP contribution in [0.25, 0.3) is 0 Å². The maximum Gasteiger partial charge on any atom is 0.0252 e. The Morgan fingerprint density at radius 2 is 1.91 bits per heavy atom. The van der Waals surface area contributed by atoms with E-state index in [1.807, 2.05) is 6.07 Å². The Hall–Kier alpha value is -0.490. The fraction of sp³-hybridized carbons (Fsp3) is 0.400. The van der Waals surface area contributed by atoms with Crippen molar-refractivity contribution < 1.29 is 0 Å². The lowest BCUT2D eigenvalue weighted by Crippen LogP contribution is -2.00. The molecule has 0 bridgehead atoms. The van der Waals surface area contributed by atoms with Gasteiger partial charge in [-0.15, -0.1) is 11.6 Å². The first-order valence-corrected chi connectivity index (χ1v) is 4.46. The molecule has 0 nitrogen and oxygen atoms in total. The Bertz CT molecular complexity index is 193. The van der Waals surface area contributed by atoms with Crippen LogP contribution in [0.3, 0.4) is 0 Å². The van der Waals surface area contributed by atoms with Crippen LogP contribution in [0.2, 0.25) is 0 Å². The number of hydrogen-bond acceptors (Lipinski definition) is 0. The lowest BCUT2D eigenvalue weighted by atomic mass is 10.0. The second-order valence-electron chi connectivity index (χ2n) is 2.95. The maximum absolute atomic E-state index is 5.70. The molecule has 1 rings (SSSR count). The molecule has 0 N–H and O–H groups in total. The lowest BCUT2D eigenvalue weighted by Gasteiger charge is -2.05. The van der Waals surface area contributed by atoms with Crippen LogP contribution < -0.4 is 0 Å². The molecule has 1 unspecified atom stereocenters. The van der Waals surface area contributed by atoms with Gasteiger partial charge in [0.2, 0.25) is 0 Å². The molecule has 0 saturated heterocycles. The zero-order valence-corrected chi connectivity index (χ0v) is 7.51. The number of hydrogen-bond donors (Lipinski definition) is 0. The van der Waals surface area contributed by atoms with Gasteiger partial charge in [0, 0.05) is 5.88 Å². The van der Waals surface area contributed by atoms with Crippen molar-refractivity contribution in [1.82, 2.24) is 0 Å². The molecule has 1 heteroatoms. The summed E-state index contributed by atoms with van der Waals surface area (Å²) in [6.45, 7) is 2.17. The van der Waals surface area contributed by atoms with Crippen LogP contribution >= 0.6 is 11.6 Å². The summed E-state index contributed by atoms with van der Waals surface area (Å²) in [6.07, 6.45) is 1.09. The molecule has 1 aromatic rings. The van der Waals surface area contributed by atoms with Gasteiger partial charge in [0.25, 0.3) is 0 Å². The molecular weight excluding hydrogens is 156 g/mol. The SMILES string of the molecule is CC(CCl)Cc1ccccc1. The van der Waals surface area contributed by atoms with E-state index in [4.69, 9.17) is 11.6 Å². The summed E-state index contributed by atoms with van der Waals surface area (Å²) < 4.78 is 0. The molecular formula is C10H13Cl. The van der Waals surface area contributed by atoms with Crippen molar-refractivity contribution in [1.29, 1.82) is 0 Å². The third-order valence-electron chi connectivity index (χ3n) is 1.69. The molecule has 0 aliphatic rings. The highest BCUT2D eigenvalue weighted by molar-refractivity contribution is 6.18. The average molecular weight is 169 g/mol. The summed E-state index contributed by atoms with van der Waals surface area (Å²) in [7, 11) is 0. The van der Waals surface area contributed by atoms with Crippen LogP contribution in [0.1, 0.15) is 12.5 Å². The molecule has 0 radical (unpaired) electrons. The topological polar surface area (TPSA) is 0 Å². The molecule has 0 amide bonds. The predicted octanol–water partition coefficient (Wildman–Crippen LogP) is 3.10. The Balaban J connectivity index is 2.51. The average Bonchev–Trinajstić information content (AvgIpc) is 2.06. The zero-order chi connectivity index (χ0) is 8.10. The largest absolute Gasteiger partial charge is 0.126 e. The number of rotatable bonds is 3. The van der Waals surface area contributed by atoms with Gasteiger partial charge in [0.15, 0.2) is 0 Å². The van der Waals surface area contributed by atoms with Gasteiger partial charge < -0.3 is 0 Å². The van der Waals surface area contributed by atoms with E-state index in [1.54, 1.807) is 0 Å². The summed E-state index contributed by atoms with van der Waals surface area (Å²) in [6, 6.07) is 10.5. The minimum absolute atomic E-state index is 0.582. The molecule has 0 aromatic heterocycles.